The highest BCUT2D eigenvalue weighted by atomic mass is 32.2. The summed E-state index contributed by atoms with van der Waals surface area (Å²) in [6.07, 6.45) is 5.46. The molecule has 0 bridgehead atoms. The number of rotatable bonds is 3. The highest BCUT2D eigenvalue weighted by Crippen LogP contribution is 2.40. The Morgan fingerprint density at radius 1 is 1.09 bits per heavy atom. The predicted molar refractivity (Wildman–Crippen MR) is 88.0 cm³/mol. The lowest BCUT2D eigenvalue weighted by molar-refractivity contribution is -0.120. The topological polar surface area (TPSA) is 54.9 Å². The minimum atomic E-state index is -0.0344. The standard InChI is InChI=1S/C17H19N3OS/c21-16-14(7-3-4-10-18-16)22-17-12-5-1-2-6-13(12)19-15(20-17)11-8-9-11/h1-2,5-6,11,14H,3-4,7-10H2,(H,18,21)/t14-/m0/s1. The zero-order valence-corrected chi connectivity index (χ0v) is 13.2. The number of amides is 1. The van der Waals surface area contributed by atoms with Crippen molar-refractivity contribution in [2.75, 3.05) is 6.54 Å². The van der Waals surface area contributed by atoms with Crippen molar-refractivity contribution in [2.45, 2.75) is 48.3 Å². The number of nitrogens with zero attached hydrogens (tertiary/aromatic N) is 2. The second kappa shape index (κ2) is 5.88. The molecule has 1 N–H and O–H groups in total. The summed E-state index contributed by atoms with van der Waals surface area (Å²) in [7, 11) is 0. The van der Waals surface area contributed by atoms with E-state index in [4.69, 9.17) is 9.97 Å². The van der Waals surface area contributed by atoms with Crippen molar-refractivity contribution in [3.05, 3.63) is 30.1 Å². The monoisotopic (exact) mass is 313 g/mol. The summed E-state index contributed by atoms with van der Waals surface area (Å²) in [5.41, 5.74) is 0.996. The number of para-hydroxylation sites is 1. The normalized spacial score (nSPS) is 22.4. The van der Waals surface area contributed by atoms with Crippen molar-refractivity contribution < 1.29 is 4.79 Å². The Labute approximate surface area is 134 Å². The van der Waals surface area contributed by atoms with E-state index >= 15 is 0 Å². The van der Waals surface area contributed by atoms with E-state index < -0.39 is 0 Å². The molecule has 0 radical (unpaired) electrons. The fourth-order valence-corrected chi connectivity index (χ4v) is 4.03. The van der Waals surface area contributed by atoms with Gasteiger partial charge >= 0.3 is 0 Å². The van der Waals surface area contributed by atoms with E-state index in [1.165, 1.54) is 12.8 Å². The van der Waals surface area contributed by atoms with Crippen LogP contribution in [0.25, 0.3) is 10.9 Å². The Morgan fingerprint density at radius 2 is 1.95 bits per heavy atom. The van der Waals surface area contributed by atoms with E-state index in [-0.39, 0.29) is 11.2 Å². The lowest BCUT2D eigenvalue weighted by Crippen LogP contribution is -2.30. The molecule has 4 nitrogen and oxygen atoms in total. The van der Waals surface area contributed by atoms with Crippen LogP contribution >= 0.6 is 11.8 Å². The first-order chi connectivity index (χ1) is 10.8. The minimum absolute atomic E-state index is 0.0344. The molecule has 4 rings (SSSR count). The van der Waals surface area contributed by atoms with E-state index in [0.29, 0.717) is 5.92 Å². The van der Waals surface area contributed by atoms with E-state index in [9.17, 15) is 4.79 Å². The average molecular weight is 313 g/mol. The first-order valence-corrected chi connectivity index (χ1v) is 8.90. The second-order valence-electron chi connectivity index (χ2n) is 6.07. The molecule has 1 aromatic carbocycles. The molecule has 2 heterocycles. The largest absolute Gasteiger partial charge is 0.355 e. The highest BCUT2D eigenvalue weighted by molar-refractivity contribution is 8.00. The first-order valence-electron chi connectivity index (χ1n) is 8.02. The van der Waals surface area contributed by atoms with Crippen molar-refractivity contribution >= 4 is 28.6 Å². The van der Waals surface area contributed by atoms with Gasteiger partial charge in [0.05, 0.1) is 10.8 Å². The van der Waals surface area contributed by atoms with Gasteiger partial charge in [0.25, 0.3) is 0 Å². The van der Waals surface area contributed by atoms with E-state index in [2.05, 4.69) is 11.4 Å². The van der Waals surface area contributed by atoms with E-state index in [1.807, 2.05) is 18.2 Å². The van der Waals surface area contributed by atoms with Crippen LogP contribution in [-0.2, 0) is 4.79 Å². The first kappa shape index (κ1) is 14.0. The van der Waals surface area contributed by atoms with Gasteiger partial charge < -0.3 is 5.32 Å². The number of thioether (sulfide) groups is 1. The predicted octanol–water partition coefficient (Wildman–Crippen LogP) is 3.27. The number of hydrogen-bond acceptors (Lipinski definition) is 4. The van der Waals surface area contributed by atoms with Gasteiger partial charge in [-0.2, -0.15) is 0 Å². The van der Waals surface area contributed by atoms with Gasteiger partial charge in [0, 0.05) is 17.8 Å². The van der Waals surface area contributed by atoms with Crippen molar-refractivity contribution in [1.29, 1.82) is 0 Å². The smallest absolute Gasteiger partial charge is 0.233 e. The number of hydrogen-bond donors (Lipinski definition) is 1. The summed E-state index contributed by atoms with van der Waals surface area (Å²) in [6.45, 7) is 0.799. The maximum atomic E-state index is 12.2. The molecule has 114 valence electrons. The fourth-order valence-electron chi connectivity index (χ4n) is 2.84. The zero-order valence-electron chi connectivity index (χ0n) is 12.4. The number of aromatic nitrogens is 2. The van der Waals surface area contributed by atoms with Crippen molar-refractivity contribution in [1.82, 2.24) is 15.3 Å². The summed E-state index contributed by atoms with van der Waals surface area (Å²) < 4.78 is 0. The summed E-state index contributed by atoms with van der Waals surface area (Å²) in [4.78, 5) is 21.7. The van der Waals surface area contributed by atoms with Crippen molar-refractivity contribution in [2.24, 2.45) is 0 Å². The third-order valence-electron chi connectivity index (χ3n) is 4.27. The summed E-state index contributed by atoms with van der Waals surface area (Å²) in [6, 6.07) is 8.13. The summed E-state index contributed by atoms with van der Waals surface area (Å²) >= 11 is 1.61. The molecular formula is C17H19N3OS. The molecule has 0 spiro atoms. The third-order valence-corrected chi connectivity index (χ3v) is 5.54. The highest BCUT2D eigenvalue weighted by Gasteiger charge is 2.29. The van der Waals surface area contributed by atoms with Crippen LogP contribution in [0.5, 0.6) is 0 Å². The van der Waals surface area contributed by atoms with Crippen LogP contribution in [0.15, 0.2) is 29.3 Å². The number of fused-ring (bicyclic) bond motifs is 1. The Morgan fingerprint density at radius 3 is 2.82 bits per heavy atom. The molecule has 2 fully saturated rings. The molecule has 1 aromatic heterocycles. The van der Waals surface area contributed by atoms with Crippen LogP contribution < -0.4 is 5.32 Å². The Balaban J connectivity index is 1.71. The quantitative estimate of drug-likeness (QED) is 0.884. The molecule has 1 aliphatic carbocycles. The Hall–Kier alpha value is -1.62. The summed E-state index contributed by atoms with van der Waals surface area (Å²) in [5, 5.41) is 5.01. The SMILES string of the molecule is O=C1NCCCC[C@@H]1Sc1nc(C2CC2)nc2ccccc12. The molecule has 1 amide bonds. The molecule has 5 heteroatoms. The minimum Gasteiger partial charge on any atom is -0.355 e. The average Bonchev–Trinajstić information content (AvgIpc) is 3.37. The van der Waals surface area contributed by atoms with Crippen LogP contribution in [0.2, 0.25) is 0 Å². The molecule has 2 aromatic rings. The lowest BCUT2D eigenvalue weighted by atomic mass is 10.2. The third kappa shape index (κ3) is 2.82. The number of carbonyl (C=O) groups excluding carboxylic acids is 1. The maximum Gasteiger partial charge on any atom is 0.233 e. The van der Waals surface area contributed by atoms with E-state index in [0.717, 1.165) is 47.6 Å². The Kier molecular flexibility index (Phi) is 3.74. The van der Waals surface area contributed by atoms with Gasteiger partial charge in [-0.3, -0.25) is 4.79 Å². The fraction of sp³-hybridized carbons (Fsp3) is 0.471. The van der Waals surface area contributed by atoms with Gasteiger partial charge in [0.1, 0.15) is 10.9 Å². The van der Waals surface area contributed by atoms with Crippen LogP contribution in [-0.4, -0.2) is 27.7 Å². The second-order valence-corrected chi connectivity index (χ2v) is 7.26. The van der Waals surface area contributed by atoms with Gasteiger partial charge in [-0.1, -0.05) is 36.4 Å². The summed E-state index contributed by atoms with van der Waals surface area (Å²) in [5.74, 6) is 1.63. The molecule has 1 aliphatic heterocycles. The Bertz CT molecular complexity index is 714. The van der Waals surface area contributed by atoms with Gasteiger partial charge in [-0.15, -0.1) is 0 Å². The maximum absolute atomic E-state index is 12.2. The van der Waals surface area contributed by atoms with Gasteiger partial charge in [0.2, 0.25) is 5.91 Å². The number of benzene rings is 1. The lowest BCUT2D eigenvalue weighted by Gasteiger charge is -2.14. The molecule has 22 heavy (non-hydrogen) atoms. The van der Waals surface area contributed by atoms with Crippen molar-refractivity contribution in [3.8, 4) is 0 Å². The van der Waals surface area contributed by atoms with Gasteiger partial charge in [-0.25, -0.2) is 9.97 Å². The van der Waals surface area contributed by atoms with Crippen molar-refractivity contribution in [3.63, 3.8) is 0 Å². The molecule has 0 unspecified atom stereocenters. The van der Waals surface area contributed by atoms with Crippen LogP contribution in [0.4, 0.5) is 0 Å². The van der Waals surface area contributed by atoms with Gasteiger partial charge in [0.15, 0.2) is 0 Å². The molecular weight excluding hydrogens is 294 g/mol. The number of carbonyl (C=O) groups is 1. The molecule has 1 saturated heterocycles. The van der Waals surface area contributed by atoms with Crippen LogP contribution in [0.1, 0.15) is 43.8 Å². The number of nitrogens with one attached hydrogen (secondary N) is 1. The zero-order chi connectivity index (χ0) is 14.9. The van der Waals surface area contributed by atoms with Gasteiger partial charge in [-0.05, 0) is 31.7 Å². The molecule has 1 atom stereocenters. The van der Waals surface area contributed by atoms with Crippen LogP contribution in [0, 0.1) is 0 Å². The van der Waals surface area contributed by atoms with E-state index in [1.54, 1.807) is 11.8 Å². The molecule has 2 aliphatic rings. The van der Waals surface area contributed by atoms with Crippen LogP contribution in [0.3, 0.4) is 0 Å². The molecule has 1 saturated carbocycles.